The molecule has 0 radical (unpaired) electrons. The monoisotopic (exact) mass is 844 g/mol. The molecule has 15 rings (SSSR count). The fourth-order valence-corrected chi connectivity index (χ4v) is 15.2. The number of pyridine rings is 2. The third-order valence-electron chi connectivity index (χ3n) is 15.7. The van der Waals surface area contributed by atoms with Gasteiger partial charge in [-0.1, -0.05) is 18.2 Å². The molecule has 0 amide bonds. The summed E-state index contributed by atoms with van der Waals surface area (Å²) in [7, 11) is 0.0722. The Morgan fingerprint density at radius 3 is 1.61 bits per heavy atom. The molecule has 0 spiro atoms. The van der Waals surface area contributed by atoms with Crippen molar-refractivity contribution in [2.45, 2.75) is 80.9 Å². The molecule has 8 aliphatic rings. The summed E-state index contributed by atoms with van der Waals surface area (Å²) in [5.41, 5.74) is 8.38. The van der Waals surface area contributed by atoms with Gasteiger partial charge in [0.2, 0.25) is 0 Å². The van der Waals surface area contributed by atoms with Crippen molar-refractivity contribution in [3.63, 3.8) is 0 Å². The Balaban J connectivity index is 0.000000147. The maximum absolute atomic E-state index is 13.6. The first-order valence-corrected chi connectivity index (χ1v) is 23.4. The third-order valence-corrected chi connectivity index (χ3v) is 17.4. The second-order valence-electron chi connectivity index (χ2n) is 19.4. The molecule has 8 bridgehead atoms. The van der Waals surface area contributed by atoms with E-state index in [0.717, 1.165) is 81.0 Å². The summed E-state index contributed by atoms with van der Waals surface area (Å²) in [6.07, 6.45) is 29.8. The van der Waals surface area contributed by atoms with Crippen molar-refractivity contribution in [3.05, 3.63) is 103 Å². The number of H-pyrrole nitrogens is 1. The van der Waals surface area contributed by atoms with E-state index in [1.807, 2.05) is 43.4 Å². The molecule has 1 aromatic carbocycles. The number of hydrogen-bond donors (Lipinski definition) is 1. The van der Waals surface area contributed by atoms with Crippen molar-refractivity contribution < 1.29 is 43.5 Å². The van der Waals surface area contributed by atoms with Crippen LogP contribution in [0.5, 0.6) is 0 Å². The van der Waals surface area contributed by atoms with Gasteiger partial charge in [-0.25, -0.2) is 22.4 Å². The molecular formula is C48H53N8NaO3S. The molecule has 13 heteroatoms. The van der Waals surface area contributed by atoms with Gasteiger partial charge in [-0.2, -0.15) is 10.2 Å². The van der Waals surface area contributed by atoms with Crippen LogP contribution in [0.25, 0.3) is 44.3 Å². The fraction of sp³-hybridized carbons (Fsp3) is 0.458. The van der Waals surface area contributed by atoms with Crippen LogP contribution in [-0.4, -0.2) is 52.4 Å². The van der Waals surface area contributed by atoms with Crippen molar-refractivity contribution in [3.8, 4) is 22.3 Å². The first-order valence-electron chi connectivity index (χ1n) is 22.0. The normalized spacial score (nSPS) is 29.3. The number of benzene rings is 1. The predicted molar refractivity (Wildman–Crippen MR) is 231 cm³/mol. The summed E-state index contributed by atoms with van der Waals surface area (Å²) < 4.78 is 32.1. The number of hydrogen-bond acceptors (Lipinski definition) is 7. The summed E-state index contributed by atoms with van der Waals surface area (Å²) >= 11 is 0. The van der Waals surface area contributed by atoms with Crippen LogP contribution in [0.15, 0.2) is 96.9 Å². The second kappa shape index (κ2) is 15.6. The molecule has 2 N–H and O–H groups in total. The Morgan fingerprint density at radius 2 is 1.10 bits per heavy atom. The van der Waals surface area contributed by atoms with Crippen LogP contribution >= 0.6 is 0 Å². The maximum Gasteiger partial charge on any atom is 1.00 e. The topological polar surface area (TPSA) is 146 Å². The van der Waals surface area contributed by atoms with Crippen LogP contribution in [-0.2, 0) is 24.1 Å². The minimum absolute atomic E-state index is 0. The van der Waals surface area contributed by atoms with Crippen LogP contribution in [0.1, 0.15) is 87.2 Å². The van der Waals surface area contributed by atoms with Gasteiger partial charge in [0, 0.05) is 84.3 Å². The zero-order valence-corrected chi connectivity index (χ0v) is 38.1. The van der Waals surface area contributed by atoms with Crippen molar-refractivity contribution in [1.29, 1.82) is 0 Å². The SMILES string of the molecule is Cn1cc(-c2c[nH]c3ncc(C4C5CC6CC(C5)CC4C6)cc23)cn1.Cn1cc(-c2cn(S(=O)(=O)c3ccccc3)c3ncc(C4C5CC6CC(C5)CC4C6)cc23)cn1.[Na+].[OH-]. The molecule has 0 unspecified atom stereocenters. The predicted octanol–water partition coefficient (Wildman–Crippen LogP) is 6.54. The Kier molecular flexibility index (Phi) is 10.5. The van der Waals surface area contributed by atoms with Crippen LogP contribution in [0.4, 0.5) is 0 Å². The maximum atomic E-state index is 13.6. The molecule has 310 valence electrons. The number of nitrogens with one attached hydrogen (secondary N) is 1. The Labute approximate surface area is 379 Å². The molecule has 6 aromatic heterocycles. The molecular weight excluding hydrogens is 792 g/mol. The summed E-state index contributed by atoms with van der Waals surface area (Å²) in [6.45, 7) is 0. The van der Waals surface area contributed by atoms with Gasteiger partial charge in [0.05, 0.1) is 17.3 Å². The number of aromatic amines is 1. The molecule has 11 nitrogen and oxygen atoms in total. The van der Waals surface area contributed by atoms with Gasteiger partial charge < -0.3 is 10.5 Å². The van der Waals surface area contributed by atoms with Crippen molar-refractivity contribution >= 4 is 32.1 Å². The smallest absolute Gasteiger partial charge is 0.870 e. The largest absolute Gasteiger partial charge is 1.00 e. The van der Waals surface area contributed by atoms with Crippen LogP contribution < -0.4 is 29.6 Å². The van der Waals surface area contributed by atoms with Crippen molar-refractivity contribution in [1.82, 2.24) is 38.5 Å². The number of aromatic nitrogens is 8. The first-order chi connectivity index (χ1) is 28.7. The van der Waals surface area contributed by atoms with Gasteiger partial charge in [0.1, 0.15) is 5.65 Å². The average Bonchev–Trinajstić information content (AvgIpc) is 4.04. The average molecular weight is 845 g/mol. The minimum Gasteiger partial charge on any atom is -0.870 e. The molecule has 8 aliphatic carbocycles. The summed E-state index contributed by atoms with van der Waals surface area (Å²) in [4.78, 5) is 13.2. The second-order valence-corrected chi connectivity index (χ2v) is 21.2. The van der Waals surface area contributed by atoms with Gasteiger partial charge in [0.15, 0.2) is 5.65 Å². The molecule has 8 fully saturated rings. The molecule has 0 saturated heterocycles. The van der Waals surface area contributed by atoms with Crippen LogP contribution in [0.2, 0.25) is 0 Å². The molecule has 0 atom stereocenters. The molecule has 7 aromatic rings. The van der Waals surface area contributed by atoms with Crippen molar-refractivity contribution in [2.24, 2.45) is 61.4 Å². The molecule has 8 saturated carbocycles. The Hall–Kier alpha value is -4.07. The van der Waals surface area contributed by atoms with Crippen molar-refractivity contribution in [2.75, 3.05) is 0 Å². The van der Waals surface area contributed by atoms with E-state index in [4.69, 9.17) is 9.97 Å². The molecule has 61 heavy (non-hydrogen) atoms. The number of nitrogens with zero attached hydrogens (tertiary/aromatic N) is 7. The van der Waals surface area contributed by atoms with Crippen LogP contribution in [0.3, 0.4) is 0 Å². The third kappa shape index (κ3) is 6.96. The molecule has 6 heterocycles. The Bertz CT molecular complexity index is 2790. The van der Waals surface area contributed by atoms with E-state index in [1.165, 1.54) is 90.3 Å². The van der Waals surface area contributed by atoms with E-state index < -0.39 is 10.0 Å². The number of aryl methyl sites for hydroxylation is 2. The quantitative estimate of drug-likeness (QED) is 0.187. The number of fused-ring (bicyclic) bond motifs is 2. The van der Waals surface area contributed by atoms with Crippen LogP contribution in [0, 0.1) is 47.3 Å². The number of rotatable bonds is 6. The van der Waals surface area contributed by atoms with E-state index in [9.17, 15) is 8.42 Å². The van der Waals surface area contributed by atoms with E-state index in [1.54, 1.807) is 41.3 Å². The van der Waals surface area contributed by atoms with E-state index >= 15 is 0 Å². The molecule has 0 aliphatic heterocycles. The first kappa shape index (κ1) is 41.0. The van der Waals surface area contributed by atoms with Gasteiger partial charge in [0.25, 0.3) is 10.0 Å². The Morgan fingerprint density at radius 1 is 0.607 bits per heavy atom. The van der Waals surface area contributed by atoms with Gasteiger partial charge in [-0.15, -0.1) is 0 Å². The minimum atomic E-state index is -3.77. The van der Waals surface area contributed by atoms with Gasteiger partial charge in [-0.05, 0) is 159 Å². The van der Waals surface area contributed by atoms with Gasteiger partial charge in [-0.3, -0.25) is 9.36 Å². The standard InChI is InChI=1S/C27H28N4O2S.C21H24N4.Na.H2O/c1-30-15-22(14-29-30)25-16-31(34(32,33)23-5-3-2-4-6-23)27-24(25)12-21(13-28-27)26-19-8-17-7-18(10-19)11-20(26)9-17;1-25-11-17(9-24-25)19-10-23-21-18(19)7-16(8-22-21)20-14-3-12-2-13(5-14)6-15(20)4-12;;/h2-6,12-20,26H,7-11H2,1H3;7-15,20H,2-6H2,1H3,(H,22,23);;1H2/q;;+1;/p-1. The van der Waals surface area contributed by atoms with E-state index in [2.05, 4.69) is 45.9 Å². The van der Waals surface area contributed by atoms with E-state index in [0.29, 0.717) is 11.6 Å². The zero-order chi connectivity index (χ0) is 39.6. The summed E-state index contributed by atoms with van der Waals surface area (Å²) in [6, 6.07) is 13.2. The van der Waals surface area contributed by atoms with E-state index in [-0.39, 0.29) is 39.9 Å². The fourth-order valence-electron chi connectivity index (χ4n) is 13.9. The summed E-state index contributed by atoms with van der Waals surface area (Å²) in [5.74, 6) is 8.44. The summed E-state index contributed by atoms with van der Waals surface area (Å²) in [5, 5.41) is 10.8. The van der Waals surface area contributed by atoms with Gasteiger partial charge >= 0.3 is 29.6 Å². The zero-order valence-electron chi connectivity index (χ0n) is 35.3.